The average Bonchev–Trinajstić information content (AvgIpc) is 2.98. The minimum Gasteiger partial charge on any atom is -0.496 e. The first kappa shape index (κ1) is 19.7. The lowest BCUT2D eigenvalue weighted by Crippen LogP contribution is -2.57. The molecule has 0 atom stereocenters. The molecule has 0 radical (unpaired) electrons. The predicted molar refractivity (Wildman–Crippen MR) is 107 cm³/mol. The van der Waals surface area contributed by atoms with Crippen LogP contribution in [0.5, 0.6) is 11.5 Å². The number of aromatic nitrogens is 1. The fourth-order valence-corrected chi connectivity index (χ4v) is 3.70. The Morgan fingerprint density at radius 3 is 2.52 bits per heavy atom. The first-order chi connectivity index (χ1) is 12.8. The maximum atomic E-state index is 6.02. The van der Waals surface area contributed by atoms with Crippen molar-refractivity contribution in [1.82, 2.24) is 14.8 Å². The molecule has 0 aliphatic carbocycles. The van der Waals surface area contributed by atoms with Crippen molar-refractivity contribution in [2.45, 2.75) is 39.8 Å². The van der Waals surface area contributed by atoms with Crippen LogP contribution in [-0.2, 0) is 6.54 Å². The summed E-state index contributed by atoms with van der Waals surface area (Å²) >= 11 is 0. The molecular formula is C21H31N3O3. The summed E-state index contributed by atoms with van der Waals surface area (Å²) in [5.41, 5.74) is 2.94. The van der Waals surface area contributed by atoms with Crippen LogP contribution in [0.1, 0.15) is 30.9 Å². The number of ether oxygens (including phenoxy) is 2. The fraction of sp³-hybridized carbons (Fsp3) is 0.571. The van der Waals surface area contributed by atoms with Crippen molar-refractivity contribution in [2.75, 3.05) is 40.9 Å². The standard InChI is InChI=1S/C21H31N3O3/c1-14-18(25-6)9-8-16(19(14)26-7)20-22-17(15(2)27-20)12-24-11-10-23(5)21(3,4)13-24/h8-9H,10-13H2,1-7H3. The Morgan fingerprint density at radius 1 is 1.15 bits per heavy atom. The summed E-state index contributed by atoms with van der Waals surface area (Å²) in [5.74, 6) is 2.98. The van der Waals surface area contributed by atoms with Gasteiger partial charge in [-0.15, -0.1) is 0 Å². The fourth-order valence-electron chi connectivity index (χ4n) is 3.70. The zero-order valence-corrected chi connectivity index (χ0v) is 17.5. The van der Waals surface area contributed by atoms with E-state index >= 15 is 0 Å². The highest BCUT2D eigenvalue weighted by Gasteiger charge is 2.31. The van der Waals surface area contributed by atoms with Crippen LogP contribution in [0.3, 0.4) is 0 Å². The maximum Gasteiger partial charge on any atom is 0.230 e. The van der Waals surface area contributed by atoms with E-state index in [1.54, 1.807) is 14.2 Å². The Balaban J connectivity index is 1.86. The van der Waals surface area contributed by atoms with Crippen LogP contribution in [0.25, 0.3) is 11.5 Å². The van der Waals surface area contributed by atoms with E-state index in [0.717, 1.165) is 60.3 Å². The molecule has 3 rings (SSSR count). The predicted octanol–water partition coefficient (Wildman–Crippen LogP) is 3.50. The molecule has 27 heavy (non-hydrogen) atoms. The van der Waals surface area contributed by atoms with E-state index in [0.29, 0.717) is 5.89 Å². The van der Waals surface area contributed by atoms with Gasteiger partial charge in [-0.1, -0.05) is 0 Å². The van der Waals surface area contributed by atoms with Crippen molar-refractivity contribution in [3.8, 4) is 23.0 Å². The molecule has 0 saturated carbocycles. The molecule has 0 N–H and O–H groups in total. The van der Waals surface area contributed by atoms with E-state index in [2.05, 4.69) is 30.7 Å². The summed E-state index contributed by atoms with van der Waals surface area (Å²) in [6.45, 7) is 12.4. The monoisotopic (exact) mass is 373 g/mol. The van der Waals surface area contributed by atoms with Gasteiger partial charge in [-0.2, -0.15) is 0 Å². The number of likely N-dealkylation sites (N-methyl/N-ethyl adjacent to an activating group) is 1. The van der Waals surface area contributed by atoms with Crippen LogP contribution < -0.4 is 9.47 Å². The minimum atomic E-state index is 0.162. The molecule has 1 saturated heterocycles. The number of piperazine rings is 1. The van der Waals surface area contributed by atoms with Crippen molar-refractivity contribution in [3.05, 3.63) is 29.2 Å². The third-order valence-corrected chi connectivity index (χ3v) is 5.67. The SMILES string of the molecule is COc1ccc(-c2nc(CN3CCN(C)C(C)(C)C3)c(C)o2)c(OC)c1C. The summed E-state index contributed by atoms with van der Waals surface area (Å²) in [4.78, 5) is 9.67. The van der Waals surface area contributed by atoms with Gasteiger partial charge in [-0.05, 0) is 46.9 Å². The van der Waals surface area contributed by atoms with Gasteiger partial charge in [0.1, 0.15) is 17.3 Å². The highest BCUT2D eigenvalue weighted by molar-refractivity contribution is 5.68. The summed E-state index contributed by atoms with van der Waals surface area (Å²) < 4.78 is 17.0. The van der Waals surface area contributed by atoms with Crippen LogP contribution in [0.2, 0.25) is 0 Å². The lowest BCUT2D eigenvalue weighted by molar-refractivity contribution is 0.0352. The summed E-state index contributed by atoms with van der Waals surface area (Å²) in [5, 5.41) is 0. The third-order valence-electron chi connectivity index (χ3n) is 5.67. The van der Waals surface area contributed by atoms with Crippen molar-refractivity contribution in [2.24, 2.45) is 0 Å². The molecular weight excluding hydrogens is 342 g/mol. The van der Waals surface area contributed by atoms with Gasteiger partial charge in [-0.3, -0.25) is 9.80 Å². The van der Waals surface area contributed by atoms with Crippen molar-refractivity contribution < 1.29 is 13.9 Å². The van der Waals surface area contributed by atoms with Gasteiger partial charge in [0.05, 0.1) is 25.5 Å². The molecule has 1 aromatic heterocycles. The van der Waals surface area contributed by atoms with Gasteiger partial charge in [0.15, 0.2) is 0 Å². The molecule has 2 heterocycles. The second-order valence-corrected chi connectivity index (χ2v) is 7.94. The number of hydrogen-bond donors (Lipinski definition) is 0. The van der Waals surface area contributed by atoms with E-state index in [1.165, 1.54) is 0 Å². The minimum absolute atomic E-state index is 0.162. The first-order valence-electron chi connectivity index (χ1n) is 9.38. The summed E-state index contributed by atoms with van der Waals surface area (Å²) in [6, 6.07) is 3.87. The largest absolute Gasteiger partial charge is 0.496 e. The van der Waals surface area contributed by atoms with Crippen LogP contribution in [0.4, 0.5) is 0 Å². The number of nitrogens with zero attached hydrogens (tertiary/aromatic N) is 3. The molecule has 6 nitrogen and oxygen atoms in total. The molecule has 0 unspecified atom stereocenters. The van der Waals surface area contributed by atoms with Gasteiger partial charge in [-0.25, -0.2) is 4.98 Å². The Labute approximate surface area is 162 Å². The zero-order valence-electron chi connectivity index (χ0n) is 17.5. The summed E-state index contributed by atoms with van der Waals surface area (Å²) in [6.07, 6.45) is 0. The molecule has 1 aromatic carbocycles. The normalized spacial score (nSPS) is 17.9. The first-order valence-corrected chi connectivity index (χ1v) is 9.38. The Hall–Kier alpha value is -2.05. The van der Waals surface area contributed by atoms with Gasteiger partial charge < -0.3 is 13.9 Å². The molecule has 6 heteroatoms. The van der Waals surface area contributed by atoms with Crippen molar-refractivity contribution in [3.63, 3.8) is 0 Å². The second-order valence-electron chi connectivity index (χ2n) is 7.94. The molecule has 2 aromatic rings. The smallest absolute Gasteiger partial charge is 0.230 e. The second kappa shape index (κ2) is 7.52. The van der Waals surface area contributed by atoms with Crippen LogP contribution in [-0.4, -0.2) is 61.2 Å². The van der Waals surface area contributed by atoms with Crippen LogP contribution in [0, 0.1) is 13.8 Å². The Morgan fingerprint density at radius 2 is 1.89 bits per heavy atom. The summed E-state index contributed by atoms with van der Waals surface area (Å²) in [7, 11) is 5.51. The molecule has 1 aliphatic rings. The highest BCUT2D eigenvalue weighted by atomic mass is 16.5. The molecule has 1 aliphatic heterocycles. The van der Waals surface area contributed by atoms with Crippen molar-refractivity contribution >= 4 is 0 Å². The maximum absolute atomic E-state index is 6.02. The lowest BCUT2D eigenvalue weighted by Gasteiger charge is -2.45. The number of rotatable bonds is 5. The van der Waals surface area contributed by atoms with Gasteiger partial charge in [0.25, 0.3) is 0 Å². The van der Waals surface area contributed by atoms with E-state index in [-0.39, 0.29) is 5.54 Å². The van der Waals surface area contributed by atoms with Gasteiger partial charge in [0, 0.05) is 37.3 Å². The molecule has 0 amide bonds. The molecule has 148 valence electrons. The molecule has 1 fully saturated rings. The quantitative estimate of drug-likeness (QED) is 0.800. The van der Waals surface area contributed by atoms with Crippen molar-refractivity contribution in [1.29, 1.82) is 0 Å². The highest BCUT2D eigenvalue weighted by Crippen LogP contribution is 2.38. The number of aryl methyl sites for hydroxylation is 1. The number of benzene rings is 1. The van der Waals surface area contributed by atoms with Crippen LogP contribution >= 0.6 is 0 Å². The van der Waals surface area contributed by atoms with Gasteiger partial charge >= 0.3 is 0 Å². The molecule has 0 bridgehead atoms. The van der Waals surface area contributed by atoms with Crippen LogP contribution in [0.15, 0.2) is 16.5 Å². The Bertz CT molecular complexity index is 813. The van der Waals surface area contributed by atoms with E-state index in [4.69, 9.17) is 18.9 Å². The third kappa shape index (κ3) is 3.82. The number of hydrogen-bond acceptors (Lipinski definition) is 6. The van der Waals surface area contributed by atoms with Gasteiger partial charge in [0.2, 0.25) is 5.89 Å². The lowest BCUT2D eigenvalue weighted by atomic mass is 9.99. The molecule has 0 spiro atoms. The average molecular weight is 373 g/mol. The van der Waals surface area contributed by atoms with E-state index in [1.807, 2.05) is 26.0 Å². The van der Waals surface area contributed by atoms with E-state index < -0.39 is 0 Å². The number of methoxy groups -OCH3 is 2. The van der Waals surface area contributed by atoms with E-state index in [9.17, 15) is 0 Å². The number of oxazole rings is 1. The Kier molecular flexibility index (Phi) is 5.49. The zero-order chi connectivity index (χ0) is 19.8. The topological polar surface area (TPSA) is 51.0 Å².